The van der Waals surface area contributed by atoms with Crippen LogP contribution in [0.1, 0.15) is 55.8 Å². The molecule has 2 atom stereocenters. The van der Waals surface area contributed by atoms with Gasteiger partial charge < -0.3 is 4.74 Å². The third kappa shape index (κ3) is 3.68. The number of alkyl halides is 1. The lowest BCUT2D eigenvalue weighted by atomic mass is 9.96. The van der Waals surface area contributed by atoms with Gasteiger partial charge in [-0.25, -0.2) is 4.52 Å². The SMILES string of the molecule is ClC1=CC=CC(Cl)C1OCc1cccc2c(C3CCCCCC3)nnn12. The lowest BCUT2D eigenvalue weighted by Gasteiger charge is -2.22. The van der Waals surface area contributed by atoms with Gasteiger partial charge in [0.15, 0.2) is 0 Å². The number of hydrogen-bond donors (Lipinski definition) is 0. The van der Waals surface area contributed by atoms with E-state index in [0.29, 0.717) is 17.6 Å². The average Bonchev–Trinajstić information content (AvgIpc) is 2.89. The van der Waals surface area contributed by atoms with E-state index in [0.717, 1.165) is 16.9 Å². The molecule has 0 bridgehead atoms. The molecule has 0 amide bonds. The van der Waals surface area contributed by atoms with Crippen molar-refractivity contribution in [1.82, 2.24) is 14.8 Å². The van der Waals surface area contributed by atoms with Crippen molar-refractivity contribution in [2.45, 2.75) is 62.5 Å². The Morgan fingerprint density at radius 3 is 2.73 bits per heavy atom. The maximum absolute atomic E-state index is 6.31. The summed E-state index contributed by atoms with van der Waals surface area (Å²) < 4.78 is 7.91. The largest absolute Gasteiger partial charge is 0.364 e. The third-order valence-electron chi connectivity index (χ3n) is 5.31. The van der Waals surface area contributed by atoms with Crippen LogP contribution in [0, 0.1) is 0 Å². The zero-order chi connectivity index (χ0) is 17.9. The third-order valence-corrected chi connectivity index (χ3v) is 6.03. The van der Waals surface area contributed by atoms with Crippen molar-refractivity contribution >= 4 is 28.7 Å². The topological polar surface area (TPSA) is 39.4 Å². The summed E-state index contributed by atoms with van der Waals surface area (Å²) in [5.74, 6) is 0.513. The van der Waals surface area contributed by atoms with Gasteiger partial charge in [-0.3, -0.25) is 0 Å². The number of rotatable bonds is 4. The van der Waals surface area contributed by atoms with Crippen molar-refractivity contribution in [3.05, 3.63) is 52.8 Å². The molecule has 138 valence electrons. The molecule has 2 aliphatic rings. The molecule has 26 heavy (non-hydrogen) atoms. The van der Waals surface area contributed by atoms with Crippen molar-refractivity contribution in [2.75, 3.05) is 0 Å². The summed E-state index contributed by atoms with van der Waals surface area (Å²) in [6.07, 6.45) is 12.9. The number of pyridine rings is 1. The second kappa shape index (κ2) is 8.12. The predicted molar refractivity (Wildman–Crippen MR) is 105 cm³/mol. The molecule has 0 saturated heterocycles. The Hall–Kier alpha value is -1.36. The van der Waals surface area contributed by atoms with Crippen LogP contribution in [0.15, 0.2) is 41.5 Å². The van der Waals surface area contributed by atoms with Gasteiger partial charge in [-0.2, -0.15) is 0 Å². The first-order valence-electron chi connectivity index (χ1n) is 9.37. The molecule has 0 radical (unpaired) electrons. The molecule has 4 nitrogen and oxygen atoms in total. The van der Waals surface area contributed by atoms with E-state index in [2.05, 4.69) is 16.4 Å². The highest BCUT2D eigenvalue weighted by Gasteiger charge is 2.24. The minimum Gasteiger partial charge on any atom is -0.364 e. The summed E-state index contributed by atoms with van der Waals surface area (Å²) in [6, 6.07) is 6.16. The highest BCUT2D eigenvalue weighted by molar-refractivity contribution is 6.32. The molecular formula is C20H23Cl2N3O. The number of ether oxygens (including phenoxy) is 1. The molecule has 0 aliphatic heterocycles. The van der Waals surface area contributed by atoms with E-state index >= 15 is 0 Å². The van der Waals surface area contributed by atoms with Crippen molar-refractivity contribution in [3.63, 3.8) is 0 Å². The van der Waals surface area contributed by atoms with Crippen molar-refractivity contribution in [1.29, 1.82) is 0 Å². The molecule has 0 N–H and O–H groups in total. The molecule has 2 aromatic rings. The minimum atomic E-state index is -0.330. The lowest BCUT2D eigenvalue weighted by Crippen LogP contribution is -2.25. The fourth-order valence-corrected chi connectivity index (χ4v) is 4.52. The molecule has 2 aromatic heterocycles. The summed E-state index contributed by atoms with van der Waals surface area (Å²) in [7, 11) is 0. The van der Waals surface area contributed by atoms with E-state index < -0.39 is 0 Å². The van der Waals surface area contributed by atoms with Crippen LogP contribution >= 0.6 is 23.2 Å². The number of allylic oxidation sites excluding steroid dienone is 2. The van der Waals surface area contributed by atoms with Gasteiger partial charge in [0.1, 0.15) is 6.10 Å². The van der Waals surface area contributed by atoms with Crippen LogP contribution in [-0.2, 0) is 11.3 Å². The lowest BCUT2D eigenvalue weighted by molar-refractivity contribution is 0.0690. The Kier molecular flexibility index (Phi) is 5.63. The Morgan fingerprint density at radius 1 is 1.15 bits per heavy atom. The second-order valence-electron chi connectivity index (χ2n) is 7.09. The fourth-order valence-electron chi connectivity index (χ4n) is 3.89. The van der Waals surface area contributed by atoms with Crippen LogP contribution in [0.2, 0.25) is 0 Å². The van der Waals surface area contributed by atoms with E-state index in [-0.39, 0.29) is 11.5 Å². The predicted octanol–water partition coefficient (Wildman–Crippen LogP) is 5.35. The normalized spacial score (nSPS) is 24.6. The van der Waals surface area contributed by atoms with Crippen molar-refractivity contribution < 1.29 is 4.74 Å². The highest BCUT2D eigenvalue weighted by Crippen LogP contribution is 2.33. The number of halogens is 2. The first-order chi connectivity index (χ1) is 12.7. The van der Waals surface area contributed by atoms with E-state index in [1.807, 2.05) is 34.9 Å². The number of nitrogens with zero attached hydrogens (tertiary/aromatic N) is 3. The van der Waals surface area contributed by atoms with Crippen LogP contribution < -0.4 is 0 Å². The Balaban J connectivity index is 1.55. The Labute approximate surface area is 163 Å². The van der Waals surface area contributed by atoms with Gasteiger partial charge in [0, 0.05) is 11.0 Å². The molecule has 2 aliphatic carbocycles. The van der Waals surface area contributed by atoms with E-state index in [4.69, 9.17) is 27.9 Å². The van der Waals surface area contributed by atoms with Crippen LogP contribution in [0.25, 0.3) is 5.52 Å². The molecule has 1 saturated carbocycles. The van der Waals surface area contributed by atoms with Gasteiger partial charge in [0.25, 0.3) is 0 Å². The minimum absolute atomic E-state index is 0.260. The zero-order valence-corrected chi connectivity index (χ0v) is 16.2. The summed E-state index contributed by atoms with van der Waals surface area (Å²) in [4.78, 5) is 0. The van der Waals surface area contributed by atoms with E-state index in [1.165, 1.54) is 38.5 Å². The molecule has 4 rings (SSSR count). The Bertz CT molecular complexity index is 822. The highest BCUT2D eigenvalue weighted by atomic mass is 35.5. The van der Waals surface area contributed by atoms with Crippen molar-refractivity contribution in [2.24, 2.45) is 0 Å². The van der Waals surface area contributed by atoms with Crippen LogP contribution in [0.5, 0.6) is 0 Å². The van der Waals surface area contributed by atoms with Crippen LogP contribution in [-0.4, -0.2) is 26.3 Å². The molecule has 6 heteroatoms. The zero-order valence-electron chi connectivity index (χ0n) is 14.7. The molecule has 2 unspecified atom stereocenters. The van der Waals surface area contributed by atoms with Gasteiger partial charge in [-0.15, -0.1) is 16.7 Å². The summed E-state index contributed by atoms with van der Waals surface area (Å²) in [6.45, 7) is 0.386. The van der Waals surface area contributed by atoms with Gasteiger partial charge in [-0.1, -0.05) is 60.7 Å². The van der Waals surface area contributed by atoms with Gasteiger partial charge in [0.2, 0.25) is 0 Å². The molecule has 0 spiro atoms. The van der Waals surface area contributed by atoms with Gasteiger partial charge in [0.05, 0.1) is 28.9 Å². The van der Waals surface area contributed by atoms with Crippen molar-refractivity contribution in [3.8, 4) is 0 Å². The number of aromatic nitrogens is 3. The average molecular weight is 392 g/mol. The standard InChI is InChI=1S/C20H23Cl2N3O/c21-16-10-6-11-17(22)20(16)26-13-15-9-5-12-18-19(23-24-25(15)18)14-7-3-1-2-4-8-14/h5-6,9-12,14,16,20H,1-4,7-8,13H2. The first-order valence-corrected chi connectivity index (χ1v) is 10.2. The molecular weight excluding hydrogens is 369 g/mol. The molecule has 2 heterocycles. The second-order valence-corrected chi connectivity index (χ2v) is 8.03. The summed E-state index contributed by atoms with van der Waals surface area (Å²) >= 11 is 12.6. The quantitative estimate of drug-likeness (QED) is 0.520. The monoisotopic (exact) mass is 391 g/mol. The summed E-state index contributed by atoms with van der Waals surface area (Å²) in [5, 5.41) is 9.31. The maximum atomic E-state index is 6.31. The first kappa shape index (κ1) is 18.0. The van der Waals surface area contributed by atoms with Crippen LogP contribution in [0.3, 0.4) is 0 Å². The number of hydrogen-bond acceptors (Lipinski definition) is 3. The van der Waals surface area contributed by atoms with E-state index in [9.17, 15) is 0 Å². The molecule has 0 aromatic carbocycles. The maximum Gasteiger partial charge on any atom is 0.113 e. The summed E-state index contributed by atoms with van der Waals surface area (Å²) in [5.41, 5.74) is 3.17. The van der Waals surface area contributed by atoms with Gasteiger partial charge in [-0.05, 0) is 31.1 Å². The number of fused-ring (bicyclic) bond motifs is 1. The smallest absolute Gasteiger partial charge is 0.113 e. The fraction of sp³-hybridized carbons (Fsp3) is 0.500. The Morgan fingerprint density at radius 2 is 1.96 bits per heavy atom. The van der Waals surface area contributed by atoms with Gasteiger partial charge >= 0.3 is 0 Å². The molecule has 1 fully saturated rings. The van der Waals surface area contributed by atoms with E-state index in [1.54, 1.807) is 0 Å². The van der Waals surface area contributed by atoms with Crippen LogP contribution in [0.4, 0.5) is 0 Å².